The van der Waals surface area contributed by atoms with Gasteiger partial charge >= 0.3 is 5.97 Å². The number of likely N-dealkylation sites (tertiary alicyclic amines) is 1. The number of allylic oxidation sites excluding steroid dienone is 1. The van der Waals surface area contributed by atoms with Crippen LogP contribution in [0.1, 0.15) is 54.9 Å². The fourth-order valence-corrected chi connectivity index (χ4v) is 8.10. The van der Waals surface area contributed by atoms with Gasteiger partial charge in [-0.25, -0.2) is 0 Å². The van der Waals surface area contributed by atoms with Crippen LogP contribution in [0, 0.1) is 25.7 Å². The number of cyclic esters (lactones) is 1. The summed E-state index contributed by atoms with van der Waals surface area (Å²) in [6, 6.07) is 13.2. The standard InChI is InChI=1S/C39H47N3O8/c1-25-14-13-15-26(2)33(25)41-21-10-5-9-18-30(44)40-28(24-48-3)34(27-16-7-4-8-17-27)49-38(47)31-29-19-20-39(50-29)32(31)36(45)42(35(39)37(41)46)22-11-6-12-23-43/h4-5,7-8,10,13-17,19-20,28-29,31-32,34-35,43H,6,9,11-12,18,21-24H2,1-3H3,(H,40,44)/b10-5-/t28-,29+,31-,32-,34-,35+,39-/m0/s1. The summed E-state index contributed by atoms with van der Waals surface area (Å²) in [6.07, 6.45) is 8.04. The van der Waals surface area contributed by atoms with E-state index in [4.69, 9.17) is 14.2 Å². The van der Waals surface area contributed by atoms with Crippen LogP contribution in [0.4, 0.5) is 5.69 Å². The summed E-state index contributed by atoms with van der Waals surface area (Å²) < 4.78 is 18.4. The van der Waals surface area contributed by atoms with Crippen molar-refractivity contribution < 1.29 is 38.5 Å². The number of rotatable bonds is 9. The van der Waals surface area contributed by atoms with Gasteiger partial charge in [-0.1, -0.05) is 72.8 Å². The van der Waals surface area contributed by atoms with Gasteiger partial charge in [0.05, 0.1) is 24.7 Å². The summed E-state index contributed by atoms with van der Waals surface area (Å²) >= 11 is 0. The van der Waals surface area contributed by atoms with E-state index in [9.17, 15) is 19.5 Å². The Morgan fingerprint density at radius 3 is 2.44 bits per heavy atom. The number of aryl methyl sites for hydroxylation is 2. The summed E-state index contributed by atoms with van der Waals surface area (Å²) in [7, 11) is 1.52. The van der Waals surface area contributed by atoms with Gasteiger partial charge in [0.15, 0.2) is 0 Å². The molecule has 2 aromatic rings. The van der Waals surface area contributed by atoms with Gasteiger partial charge in [-0.2, -0.15) is 0 Å². The average Bonchev–Trinajstić information content (AvgIpc) is 3.75. The Hall–Kier alpha value is -4.32. The second kappa shape index (κ2) is 15.3. The molecule has 0 radical (unpaired) electrons. The predicted molar refractivity (Wildman–Crippen MR) is 186 cm³/mol. The third-order valence-electron chi connectivity index (χ3n) is 10.3. The van der Waals surface area contributed by atoms with E-state index in [0.29, 0.717) is 31.2 Å². The monoisotopic (exact) mass is 685 g/mol. The van der Waals surface area contributed by atoms with E-state index in [2.05, 4.69) is 5.32 Å². The first-order valence-corrected chi connectivity index (χ1v) is 17.6. The molecule has 2 N–H and O–H groups in total. The number of anilines is 1. The highest BCUT2D eigenvalue weighted by atomic mass is 16.6. The van der Waals surface area contributed by atoms with Crippen LogP contribution in [0.5, 0.6) is 0 Å². The minimum Gasteiger partial charge on any atom is -0.455 e. The number of esters is 1. The Kier molecular flexibility index (Phi) is 10.9. The van der Waals surface area contributed by atoms with E-state index < -0.39 is 47.7 Å². The Morgan fingerprint density at radius 1 is 0.960 bits per heavy atom. The lowest BCUT2D eigenvalue weighted by Gasteiger charge is -2.36. The number of hydrogen-bond acceptors (Lipinski definition) is 8. The first kappa shape index (κ1) is 35.5. The number of methoxy groups -OCH3 is 1. The summed E-state index contributed by atoms with van der Waals surface area (Å²) in [4.78, 5) is 60.7. The molecule has 0 unspecified atom stereocenters. The van der Waals surface area contributed by atoms with Crippen LogP contribution in [0.3, 0.4) is 0 Å². The van der Waals surface area contributed by atoms with E-state index in [-0.39, 0.29) is 50.4 Å². The summed E-state index contributed by atoms with van der Waals surface area (Å²) in [6.45, 7) is 4.48. The molecule has 11 nitrogen and oxygen atoms in total. The molecule has 2 saturated heterocycles. The van der Waals surface area contributed by atoms with Gasteiger partial charge in [-0.15, -0.1) is 0 Å². The maximum Gasteiger partial charge on any atom is 0.313 e. The van der Waals surface area contributed by atoms with Crippen molar-refractivity contribution in [3.05, 3.63) is 89.5 Å². The number of ether oxygens (including phenoxy) is 3. The van der Waals surface area contributed by atoms with Gasteiger partial charge in [-0.3, -0.25) is 19.2 Å². The third kappa shape index (κ3) is 6.61. The van der Waals surface area contributed by atoms with Gasteiger partial charge in [0, 0.05) is 38.9 Å². The molecule has 5 bridgehead atoms. The smallest absolute Gasteiger partial charge is 0.313 e. The lowest BCUT2D eigenvalue weighted by Crippen LogP contribution is -2.56. The molecule has 1 spiro atoms. The van der Waals surface area contributed by atoms with Gasteiger partial charge in [0.2, 0.25) is 11.8 Å². The third-order valence-corrected chi connectivity index (χ3v) is 10.3. The lowest BCUT2D eigenvalue weighted by molar-refractivity contribution is -0.162. The number of nitrogens with one attached hydrogen (secondary N) is 1. The fraction of sp³-hybridized carbons (Fsp3) is 0.487. The number of fused-ring (bicyclic) bond motifs is 2. The van der Waals surface area contributed by atoms with Crippen molar-refractivity contribution >= 4 is 29.4 Å². The number of para-hydroxylation sites is 1. The van der Waals surface area contributed by atoms with Gasteiger partial charge in [-0.05, 0) is 56.2 Å². The maximum absolute atomic E-state index is 15.1. The van der Waals surface area contributed by atoms with Crippen LogP contribution in [0.15, 0.2) is 72.8 Å². The Bertz CT molecular complexity index is 1620. The molecule has 266 valence electrons. The van der Waals surface area contributed by atoms with Crippen LogP contribution in [0.2, 0.25) is 0 Å². The molecule has 0 saturated carbocycles. The highest BCUT2D eigenvalue weighted by Crippen LogP contribution is 2.56. The van der Waals surface area contributed by atoms with Crippen LogP contribution in [-0.2, 0) is 33.4 Å². The van der Waals surface area contributed by atoms with Crippen LogP contribution < -0.4 is 10.2 Å². The number of unbranched alkanes of at least 4 members (excludes halogenated alkanes) is 2. The van der Waals surface area contributed by atoms with Crippen molar-refractivity contribution in [3.8, 4) is 0 Å². The zero-order chi connectivity index (χ0) is 35.4. The first-order valence-electron chi connectivity index (χ1n) is 17.6. The molecule has 50 heavy (non-hydrogen) atoms. The van der Waals surface area contributed by atoms with E-state index in [1.54, 1.807) is 22.0 Å². The second-order valence-corrected chi connectivity index (χ2v) is 13.6. The molecular formula is C39H47N3O8. The Morgan fingerprint density at radius 2 is 1.72 bits per heavy atom. The molecule has 4 heterocycles. The van der Waals surface area contributed by atoms with Crippen molar-refractivity contribution in [2.24, 2.45) is 11.8 Å². The van der Waals surface area contributed by atoms with Gasteiger partial charge in [0.1, 0.15) is 23.7 Å². The van der Waals surface area contributed by atoms with Crippen LogP contribution in [-0.4, -0.2) is 90.9 Å². The van der Waals surface area contributed by atoms with Crippen LogP contribution in [0.25, 0.3) is 0 Å². The second-order valence-electron chi connectivity index (χ2n) is 13.6. The molecule has 3 amide bonds. The number of nitrogens with zero attached hydrogens (tertiary/aromatic N) is 2. The summed E-state index contributed by atoms with van der Waals surface area (Å²) in [5.41, 5.74) is 1.82. The minimum absolute atomic E-state index is 0.0318. The van der Waals surface area contributed by atoms with Crippen LogP contribution >= 0.6 is 0 Å². The average molecular weight is 686 g/mol. The lowest BCUT2D eigenvalue weighted by atomic mass is 9.74. The van der Waals surface area contributed by atoms with E-state index >= 15 is 4.79 Å². The first-order chi connectivity index (χ1) is 24.2. The SMILES string of the molecule is COC[C@@H]1NC(=O)CC/C=C\CN(c2c(C)cccc2C)C(=O)[C@H]2N(CCCCCO)C(=O)[C@@H]3[C@@H](C(=O)O[C@H]1c1ccccc1)[C@H]1C=C[C@]32O1. The van der Waals surface area contributed by atoms with Crippen molar-refractivity contribution in [2.45, 2.75) is 75.8 Å². The molecule has 0 aliphatic carbocycles. The number of carbonyl (C=O) groups is 4. The minimum atomic E-state index is -1.38. The largest absolute Gasteiger partial charge is 0.455 e. The molecule has 11 heteroatoms. The fourth-order valence-electron chi connectivity index (χ4n) is 8.10. The molecule has 2 fully saturated rings. The normalized spacial score (nSPS) is 30.4. The van der Waals surface area contributed by atoms with Gasteiger partial charge < -0.3 is 34.4 Å². The van der Waals surface area contributed by atoms with Crippen molar-refractivity contribution in [1.82, 2.24) is 10.2 Å². The predicted octanol–water partition coefficient (Wildman–Crippen LogP) is 3.72. The van der Waals surface area contributed by atoms with Crippen molar-refractivity contribution in [3.63, 3.8) is 0 Å². The quantitative estimate of drug-likeness (QED) is 0.232. The zero-order valence-corrected chi connectivity index (χ0v) is 29.0. The van der Waals surface area contributed by atoms with E-state index in [0.717, 1.165) is 16.8 Å². The molecule has 4 aliphatic heterocycles. The van der Waals surface area contributed by atoms with Crippen molar-refractivity contribution in [2.75, 3.05) is 38.3 Å². The summed E-state index contributed by atoms with van der Waals surface area (Å²) in [5.74, 6) is -3.54. The summed E-state index contributed by atoms with van der Waals surface area (Å²) in [5, 5.41) is 12.4. The highest BCUT2D eigenvalue weighted by Gasteiger charge is 2.73. The number of aliphatic hydroxyl groups is 1. The topological polar surface area (TPSA) is 135 Å². The number of hydrogen-bond donors (Lipinski definition) is 2. The Balaban J connectivity index is 1.46. The number of benzene rings is 2. The number of amides is 3. The highest BCUT2D eigenvalue weighted by molar-refractivity contribution is 6.06. The Labute approximate surface area is 293 Å². The maximum atomic E-state index is 15.1. The molecular weight excluding hydrogens is 638 g/mol. The molecule has 4 aliphatic rings. The van der Waals surface area contributed by atoms with E-state index in [1.165, 1.54) is 7.11 Å². The molecule has 2 aromatic carbocycles. The number of carbonyl (C=O) groups excluding carboxylic acids is 4. The number of aliphatic hydroxyl groups excluding tert-OH is 1. The molecule has 6 rings (SSSR count). The molecule has 7 atom stereocenters. The van der Waals surface area contributed by atoms with Crippen molar-refractivity contribution in [1.29, 1.82) is 0 Å². The molecule has 0 aromatic heterocycles. The van der Waals surface area contributed by atoms with Gasteiger partial charge in [0.25, 0.3) is 5.91 Å². The van der Waals surface area contributed by atoms with E-state index in [1.807, 2.05) is 74.5 Å². The zero-order valence-electron chi connectivity index (χ0n) is 29.0.